The second-order valence-electron chi connectivity index (χ2n) is 5.99. The lowest BCUT2D eigenvalue weighted by molar-refractivity contribution is -0.113. The highest BCUT2D eigenvalue weighted by atomic mass is 28.4. The van der Waals surface area contributed by atoms with Crippen LogP contribution in [0.4, 0.5) is 0 Å². The first-order chi connectivity index (χ1) is 6.97. The Labute approximate surface area is 101 Å². The standard InChI is InChI=1S/C13H26O2Si/c1-10(12(3)14)9-11(2)15-16(7,8)13(4,5)6/h9,11H,1-8H3/b10-9+/t11-/m1/s1. The van der Waals surface area contributed by atoms with E-state index in [-0.39, 0.29) is 16.9 Å². The highest BCUT2D eigenvalue weighted by molar-refractivity contribution is 6.74. The Balaban J connectivity index is 4.64. The summed E-state index contributed by atoms with van der Waals surface area (Å²) in [6, 6.07) is 0. The van der Waals surface area contributed by atoms with Crippen LogP contribution >= 0.6 is 0 Å². The minimum Gasteiger partial charge on any atom is -0.411 e. The molecule has 0 unspecified atom stereocenters. The van der Waals surface area contributed by atoms with Crippen molar-refractivity contribution in [1.82, 2.24) is 0 Å². The first-order valence-corrected chi connectivity index (χ1v) is 8.75. The van der Waals surface area contributed by atoms with E-state index in [9.17, 15) is 4.79 Å². The van der Waals surface area contributed by atoms with E-state index in [1.807, 2.05) is 19.9 Å². The molecule has 0 amide bonds. The number of hydrogen-bond acceptors (Lipinski definition) is 2. The van der Waals surface area contributed by atoms with Gasteiger partial charge in [-0.1, -0.05) is 26.8 Å². The molecule has 0 aromatic rings. The number of carbonyl (C=O) groups is 1. The van der Waals surface area contributed by atoms with E-state index in [0.29, 0.717) is 0 Å². The van der Waals surface area contributed by atoms with Crippen molar-refractivity contribution in [3.05, 3.63) is 11.6 Å². The summed E-state index contributed by atoms with van der Waals surface area (Å²) in [5.74, 6) is 0.116. The van der Waals surface area contributed by atoms with Crippen molar-refractivity contribution in [3.63, 3.8) is 0 Å². The zero-order valence-electron chi connectivity index (χ0n) is 12.0. The second-order valence-corrected chi connectivity index (χ2v) is 10.7. The quantitative estimate of drug-likeness (QED) is 0.551. The molecule has 0 bridgehead atoms. The van der Waals surface area contributed by atoms with E-state index in [0.717, 1.165) is 5.57 Å². The number of Topliss-reactive ketones (excluding diaryl/α,β-unsaturated/α-hetero) is 1. The molecular formula is C13H26O2Si. The minimum atomic E-state index is -1.73. The van der Waals surface area contributed by atoms with Gasteiger partial charge < -0.3 is 4.43 Å². The Morgan fingerprint density at radius 2 is 1.69 bits per heavy atom. The van der Waals surface area contributed by atoms with Crippen molar-refractivity contribution in [2.75, 3.05) is 0 Å². The summed E-state index contributed by atoms with van der Waals surface area (Å²) in [5, 5.41) is 0.208. The first-order valence-electron chi connectivity index (χ1n) is 5.84. The molecule has 0 aliphatic heterocycles. The average molecular weight is 242 g/mol. The molecule has 0 aromatic carbocycles. The van der Waals surface area contributed by atoms with Crippen molar-refractivity contribution in [2.24, 2.45) is 0 Å². The maximum Gasteiger partial charge on any atom is 0.192 e. The predicted octanol–water partition coefficient (Wildman–Crippen LogP) is 3.93. The Hall–Kier alpha value is -0.413. The van der Waals surface area contributed by atoms with Crippen LogP contribution in [0.3, 0.4) is 0 Å². The Morgan fingerprint density at radius 1 is 1.25 bits per heavy atom. The monoisotopic (exact) mass is 242 g/mol. The third-order valence-electron chi connectivity index (χ3n) is 3.33. The summed E-state index contributed by atoms with van der Waals surface area (Å²) >= 11 is 0. The van der Waals surface area contributed by atoms with Crippen molar-refractivity contribution in [3.8, 4) is 0 Å². The number of allylic oxidation sites excluding steroid dienone is 1. The van der Waals surface area contributed by atoms with Gasteiger partial charge in [-0.2, -0.15) is 0 Å². The lowest BCUT2D eigenvalue weighted by Crippen LogP contribution is -2.43. The van der Waals surface area contributed by atoms with E-state index in [1.54, 1.807) is 6.92 Å². The molecule has 0 saturated carbocycles. The molecule has 0 heterocycles. The largest absolute Gasteiger partial charge is 0.411 e. The molecule has 0 aliphatic rings. The Kier molecular flexibility index (Phi) is 5.14. The molecule has 1 atom stereocenters. The van der Waals surface area contributed by atoms with Crippen molar-refractivity contribution >= 4 is 14.1 Å². The van der Waals surface area contributed by atoms with Crippen LogP contribution in [-0.2, 0) is 9.22 Å². The lowest BCUT2D eigenvalue weighted by atomic mass is 10.2. The van der Waals surface area contributed by atoms with E-state index >= 15 is 0 Å². The zero-order valence-corrected chi connectivity index (χ0v) is 13.0. The van der Waals surface area contributed by atoms with Gasteiger partial charge in [0.15, 0.2) is 14.1 Å². The van der Waals surface area contributed by atoms with Crippen molar-refractivity contribution < 1.29 is 9.22 Å². The van der Waals surface area contributed by atoms with Gasteiger partial charge in [-0.15, -0.1) is 0 Å². The van der Waals surface area contributed by atoms with Crippen LogP contribution in [0.1, 0.15) is 41.5 Å². The predicted molar refractivity (Wildman–Crippen MR) is 72.2 cm³/mol. The molecular weight excluding hydrogens is 216 g/mol. The van der Waals surface area contributed by atoms with Crippen molar-refractivity contribution in [2.45, 2.75) is 65.8 Å². The fraction of sp³-hybridized carbons (Fsp3) is 0.769. The Bertz CT molecular complexity index is 285. The molecule has 0 radical (unpaired) electrons. The summed E-state index contributed by atoms with van der Waals surface area (Å²) in [6.45, 7) is 16.5. The molecule has 16 heavy (non-hydrogen) atoms. The summed E-state index contributed by atoms with van der Waals surface area (Å²) in [5.41, 5.74) is 0.784. The van der Waals surface area contributed by atoms with Crippen LogP contribution in [0, 0.1) is 0 Å². The zero-order chi connectivity index (χ0) is 13.1. The fourth-order valence-electron chi connectivity index (χ4n) is 1.14. The van der Waals surface area contributed by atoms with Gasteiger partial charge in [-0.05, 0) is 44.5 Å². The summed E-state index contributed by atoms with van der Waals surface area (Å²) in [7, 11) is -1.73. The molecule has 0 aliphatic carbocycles. The molecule has 3 heteroatoms. The summed E-state index contributed by atoms with van der Waals surface area (Å²) < 4.78 is 6.13. The highest BCUT2D eigenvalue weighted by Gasteiger charge is 2.38. The molecule has 2 nitrogen and oxygen atoms in total. The van der Waals surface area contributed by atoms with Crippen LogP contribution in [0.15, 0.2) is 11.6 Å². The van der Waals surface area contributed by atoms with E-state index in [2.05, 4.69) is 33.9 Å². The molecule has 0 fully saturated rings. The van der Waals surface area contributed by atoms with Crippen molar-refractivity contribution in [1.29, 1.82) is 0 Å². The van der Waals surface area contributed by atoms with Gasteiger partial charge in [0, 0.05) is 0 Å². The maximum atomic E-state index is 11.1. The molecule has 94 valence electrons. The SMILES string of the molecule is CC(=O)/C(C)=C/[C@@H](C)O[Si](C)(C)C(C)(C)C. The highest BCUT2D eigenvalue weighted by Crippen LogP contribution is 2.37. The first kappa shape index (κ1) is 15.6. The van der Waals surface area contributed by atoms with Crippen LogP contribution in [0.2, 0.25) is 18.1 Å². The maximum absolute atomic E-state index is 11.1. The van der Waals surface area contributed by atoms with Gasteiger partial charge in [0.05, 0.1) is 6.10 Å². The lowest BCUT2D eigenvalue weighted by Gasteiger charge is -2.38. The number of hydrogen-bond donors (Lipinski definition) is 0. The number of rotatable bonds is 4. The fourth-order valence-corrected chi connectivity index (χ4v) is 2.50. The average Bonchev–Trinajstić information content (AvgIpc) is 1.99. The molecule has 0 aromatic heterocycles. The van der Waals surface area contributed by atoms with Gasteiger partial charge in [0.25, 0.3) is 0 Å². The van der Waals surface area contributed by atoms with E-state index in [4.69, 9.17) is 4.43 Å². The van der Waals surface area contributed by atoms with E-state index in [1.165, 1.54) is 0 Å². The van der Waals surface area contributed by atoms with Gasteiger partial charge in [-0.3, -0.25) is 4.79 Å². The number of ketones is 1. The van der Waals surface area contributed by atoms with Gasteiger partial charge in [-0.25, -0.2) is 0 Å². The van der Waals surface area contributed by atoms with Gasteiger partial charge >= 0.3 is 0 Å². The summed E-state index contributed by atoms with van der Waals surface area (Å²) in [4.78, 5) is 11.1. The van der Waals surface area contributed by atoms with Crippen LogP contribution in [-0.4, -0.2) is 20.2 Å². The smallest absolute Gasteiger partial charge is 0.192 e. The third kappa shape index (κ3) is 4.62. The molecule has 0 rings (SSSR count). The molecule has 0 spiro atoms. The summed E-state index contributed by atoms with van der Waals surface area (Å²) in [6.07, 6.45) is 1.94. The Morgan fingerprint density at radius 3 is 2.00 bits per heavy atom. The van der Waals surface area contributed by atoms with Gasteiger partial charge in [0.1, 0.15) is 0 Å². The van der Waals surface area contributed by atoms with Crippen LogP contribution in [0.5, 0.6) is 0 Å². The third-order valence-corrected chi connectivity index (χ3v) is 7.90. The van der Waals surface area contributed by atoms with Gasteiger partial charge in [0.2, 0.25) is 0 Å². The van der Waals surface area contributed by atoms with E-state index < -0.39 is 8.32 Å². The minimum absolute atomic E-state index is 0.0183. The topological polar surface area (TPSA) is 26.3 Å². The molecule has 0 saturated heterocycles. The molecule has 0 N–H and O–H groups in total. The normalized spacial score (nSPS) is 16.1. The number of carbonyl (C=O) groups excluding carboxylic acids is 1. The van der Waals surface area contributed by atoms with Crippen LogP contribution < -0.4 is 0 Å². The second kappa shape index (κ2) is 5.28. The van der Waals surface area contributed by atoms with Crippen LogP contribution in [0.25, 0.3) is 0 Å².